The first-order chi connectivity index (χ1) is 21.8. The van der Waals surface area contributed by atoms with Gasteiger partial charge in [0.05, 0.1) is 33.4 Å². The van der Waals surface area contributed by atoms with Crippen LogP contribution in [-0.4, -0.2) is 17.6 Å². The molecule has 6 rings (SSSR count). The molecule has 1 N–H and O–H groups in total. The number of ether oxygens (including phenoxy) is 2. The third kappa shape index (κ3) is 6.52. The van der Waals surface area contributed by atoms with Crippen LogP contribution in [0.1, 0.15) is 29.7 Å². The van der Waals surface area contributed by atoms with Crippen molar-refractivity contribution in [3.63, 3.8) is 0 Å². The largest absolute Gasteiger partial charge is 0.497 e. The lowest BCUT2D eigenvalue weighted by molar-refractivity contribution is -0.113. The second-order valence-electron chi connectivity index (χ2n) is 10.3. The van der Waals surface area contributed by atoms with Gasteiger partial charge in [-0.3, -0.25) is 14.2 Å². The number of hydrogen-bond donors (Lipinski definition) is 1. The van der Waals surface area contributed by atoms with Gasteiger partial charge in [-0.25, -0.2) is 9.38 Å². The van der Waals surface area contributed by atoms with Gasteiger partial charge in [0.15, 0.2) is 4.80 Å². The number of hydrogen-bond acceptors (Lipinski definition) is 6. The third-order valence-electron chi connectivity index (χ3n) is 7.27. The van der Waals surface area contributed by atoms with E-state index in [0.717, 1.165) is 16.7 Å². The molecule has 0 bridgehead atoms. The molecule has 1 aromatic heterocycles. The van der Waals surface area contributed by atoms with Gasteiger partial charge < -0.3 is 14.8 Å². The van der Waals surface area contributed by atoms with Crippen molar-refractivity contribution in [2.75, 3.05) is 12.4 Å². The minimum atomic E-state index is -0.726. The summed E-state index contributed by atoms with van der Waals surface area (Å²) in [6.45, 7) is 2.06. The van der Waals surface area contributed by atoms with Crippen molar-refractivity contribution in [1.29, 1.82) is 0 Å². The number of amides is 1. The summed E-state index contributed by atoms with van der Waals surface area (Å²) in [4.78, 5) is 33.0. The molecule has 0 radical (unpaired) electrons. The first kappa shape index (κ1) is 30.2. The summed E-state index contributed by atoms with van der Waals surface area (Å²) in [5.41, 5.74) is 3.60. The first-order valence-electron chi connectivity index (χ1n) is 14.0. The number of halogens is 2. The number of carbonyl (C=O) groups excluding carboxylic acids is 1. The molecular formula is C35H27BrFN3O4S. The van der Waals surface area contributed by atoms with Crippen LogP contribution in [0.2, 0.25) is 0 Å². The fourth-order valence-corrected chi connectivity index (χ4v) is 6.63. The molecule has 1 aliphatic rings. The number of methoxy groups -OCH3 is 1. The summed E-state index contributed by atoms with van der Waals surface area (Å²) in [5.74, 6) is 0.579. The molecule has 10 heteroatoms. The molecule has 45 heavy (non-hydrogen) atoms. The molecule has 0 saturated carbocycles. The zero-order chi connectivity index (χ0) is 31.5. The van der Waals surface area contributed by atoms with E-state index in [0.29, 0.717) is 42.3 Å². The molecule has 0 aliphatic carbocycles. The van der Waals surface area contributed by atoms with Crippen molar-refractivity contribution in [3.8, 4) is 11.5 Å². The van der Waals surface area contributed by atoms with Gasteiger partial charge in [-0.1, -0.05) is 59.9 Å². The summed E-state index contributed by atoms with van der Waals surface area (Å²) in [7, 11) is 1.58. The van der Waals surface area contributed by atoms with Crippen LogP contribution in [0.25, 0.3) is 6.08 Å². The van der Waals surface area contributed by atoms with Gasteiger partial charge in [0.25, 0.3) is 11.5 Å². The Balaban J connectivity index is 1.37. The average molecular weight is 685 g/mol. The summed E-state index contributed by atoms with van der Waals surface area (Å²) in [6.07, 6.45) is 1.80. The Morgan fingerprint density at radius 2 is 1.82 bits per heavy atom. The topological polar surface area (TPSA) is 81.9 Å². The van der Waals surface area contributed by atoms with E-state index in [1.807, 2.05) is 60.7 Å². The molecule has 4 aromatic carbocycles. The highest BCUT2D eigenvalue weighted by Crippen LogP contribution is 2.32. The molecule has 0 spiro atoms. The molecule has 1 aliphatic heterocycles. The van der Waals surface area contributed by atoms with E-state index in [-0.39, 0.29) is 23.9 Å². The fraction of sp³-hybridized carbons (Fsp3) is 0.114. The fourth-order valence-electron chi connectivity index (χ4n) is 5.08. The number of thiazole rings is 1. The van der Waals surface area contributed by atoms with Crippen LogP contribution in [0.4, 0.5) is 10.1 Å². The first-order valence-corrected chi connectivity index (χ1v) is 15.6. The number of nitrogens with zero attached hydrogens (tertiary/aromatic N) is 2. The number of para-hydroxylation sites is 1. The zero-order valence-corrected chi connectivity index (χ0v) is 26.7. The summed E-state index contributed by atoms with van der Waals surface area (Å²) in [5, 5.41) is 2.96. The molecule has 7 nitrogen and oxygen atoms in total. The van der Waals surface area contributed by atoms with Gasteiger partial charge in [-0.2, -0.15) is 0 Å². The number of allylic oxidation sites excluding steroid dienone is 1. The van der Waals surface area contributed by atoms with Crippen molar-refractivity contribution >= 4 is 44.9 Å². The standard InChI is InChI=1S/C35H27BrFN3O4S/c1-21-31(33(41)39-26-8-4-3-5-9-26)32(24-7-6-10-27(19-24)43-2)40-34(42)30(45-35(40)38-21)18-23-13-16-29(28(36)17-23)44-20-22-11-14-25(37)15-12-22/h3-19,32H,20H2,1-2H3,(H,39,41)/b30-18-/t32-/m1/s1. The molecule has 0 fully saturated rings. The summed E-state index contributed by atoms with van der Waals surface area (Å²) >= 11 is 4.83. The average Bonchev–Trinajstić information content (AvgIpc) is 3.34. The van der Waals surface area contributed by atoms with Gasteiger partial charge >= 0.3 is 0 Å². The van der Waals surface area contributed by atoms with E-state index in [9.17, 15) is 14.0 Å². The predicted octanol–water partition coefficient (Wildman–Crippen LogP) is 6.36. The summed E-state index contributed by atoms with van der Waals surface area (Å²) < 4.78 is 27.4. The van der Waals surface area contributed by atoms with Gasteiger partial charge in [-0.15, -0.1) is 0 Å². The number of aromatic nitrogens is 1. The van der Waals surface area contributed by atoms with E-state index < -0.39 is 6.04 Å². The SMILES string of the molecule is COc1cccc([C@@H]2C(C(=O)Nc3ccccc3)=C(C)N=c3s/c(=C\c4ccc(OCc5ccc(F)cc5)c(Br)c4)c(=O)n32)c1. The minimum Gasteiger partial charge on any atom is -0.497 e. The highest BCUT2D eigenvalue weighted by molar-refractivity contribution is 9.10. The Kier molecular flexibility index (Phi) is 8.77. The Morgan fingerprint density at radius 1 is 1.04 bits per heavy atom. The van der Waals surface area contributed by atoms with E-state index in [2.05, 4.69) is 21.2 Å². The van der Waals surface area contributed by atoms with Crippen LogP contribution in [-0.2, 0) is 11.4 Å². The molecule has 5 aromatic rings. The van der Waals surface area contributed by atoms with Gasteiger partial charge in [0, 0.05) is 5.69 Å². The van der Waals surface area contributed by atoms with E-state index >= 15 is 0 Å². The Morgan fingerprint density at radius 3 is 2.56 bits per heavy atom. The van der Waals surface area contributed by atoms with Crippen LogP contribution >= 0.6 is 27.3 Å². The number of fused-ring (bicyclic) bond motifs is 1. The van der Waals surface area contributed by atoms with Crippen LogP contribution in [0.3, 0.4) is 0 Å². The van der Waals surface area contributed by atoms with E-state index in [1.165, 1.54) is 23.5 Å². The van der Waals surface area contributed by atoms with Crippen LogP contribution in [0, 0.1) is 5.82 Å². The number of benzene rings is 4. The number of rotatable bonds is 8. The Hall–Kier alpha value is -4.80. The Labute approximate surface area is 270 Å². The second-order valence-corrected chi connectivity index (χ2v) is 12.1. The number of nitrogens with one attached hydrogen (secondary N) is 1. The highest BCUT2D eigenvalue weighted by Gasteiger charge is 2.32. The van der Waals surface area contributed by atoms with Gasteiger partial charge in [-0.05, 0) is 94.2 Å². The smallest absolute Gasteiger partial charge is 0.271 e. The minimum absolute atomic E-state index is 0.267. The number of anilines is 1. The van der Waals surface area contributed by atoms with E-state index in [1.54, 1.807) is 48.9 Å². The van der Waals surface area contributed by atoms with Crippen molar-refractivity contribution in [2.45, 2.75) is 19.6 Å². The maximum Gasteiger partial charge on any atom is 0.271 e. The maximum atomic E-state index is 14.1. The van der Waals surface area contributed by atoms with Crippen LogP contribution in [0.15, 0.2) is 123 Å². The molecule has 0 unspecified atom stereocenters. The van der Waals surface area contributed by atoms with Crippen molar-refractivity contribution < 1.29 is 18.7 Å². The van der Waals surface area contributed by atoms with Crippen molar-refractivity contribution in [3.05, 3.63) is 155 Å². The normalized spacial score (nSPS) is 14.5. The predicted molar refractivity (Wildman–Crippen MR) is 177 cm³/mol. The maximum absolute atomic E-state index is 14.1. The second kappa shape index (κ2) is 13.1. The van der Waals surface area contributed by atoms with Gasteiger partial charge in [0.2, 0.25) is 0 Å². The van der Waals surface area contributed by atoms with Crippen molar-refractivity contribution in [2.24, 2.45) is 4.99 Å². The zero-order valence-electron chi connectivity index (χ0n) is 24.3. The summed E-state index contributed by atoms with van der Waals surface area (Å²) in [6, 6.07) is 27.5. The van der Waals surface area contributed by atoms with Crippen LogP contribution < -0.4 is 29.7 Å². The quantitative estimate of drug-likeness (QED) is 0.206. The number of carbonyl (C=O) groups is 1. The molecule has 226 valence electrons. The van der Waals surface area contributed by atoms with Gasteiger partial charge in [0.1, 0.15) is 23.9 Å². The molecule has 2 heterocycles. The highest BCUT2D eigenvalue weighted by atomic mass is 79.9. The van der Waals surface area contributed by atoms with Crippen LogP contribution in [0.5, 0.6) is 11.5 Å². The lowest BCUT2D eigenvalue weighted by atomic mass is 9.95. The molecular weight excluding hydrogens is 657 g/mol. The Bertz CT molecular complexity index is 2110. The molecule has 1 amide bonds. The van der Waals surface area contributed by atoms with E-state index in [4.69, 9.17) is 14.5 Å². The molecule has 0 saturated heterocycles. The lowest BCUT2D eigenvalue weighted by Gasteiger charge is -2.25. The lowest BCUT2D eigenvalue weighted by Crippen LogP contribution is -2.40. The monoisotopic (exact) mass is 683 g/mol. The molecule has 1 atom stereocenters. The van der Waals surface area contributed by atoms with Crippen molar-refractivity contribution in [1.82, 2.24) is 4.57 Å². The third-order valence-corrected chi connectivity index (χ3v) is 8.87.